The number of nitrogens with zero attached hydrogens (tertiary/aromatic N) is 7. The van der Waals surface area contributed by atoms with E-state index in [1.54, 1.807) is 34.0 Å². The summed E-state index contributed by atoms with van der Waals surface area (Å²) in [5.41, 5.74) is 10.7. The van der Waals surface area contributed by atoms with Crippen LogP contribution in [0, 0.1) is 12.3 Å². The van der Waals surface area contributed by atoms with Crippen LogP contribution in [0.3, 0.4) is 0 Å². The molecule has 39 heavy (non-hydrogen) atoms. The van der Waals surface area contributed by atoms with Gasteiger partial charge in [0.1, 0.15) is 4.83 Å². The number of rotatable bonds is 7. The summed E-state index contributed by atoms with van der Waals surface area (Å²) in [6, 6.07) is 5.65. The van der Waals surface area contributed by atoms with Gasteiger partial charge in [-0.3, -0.25) is 24.5 Å². The molecule has 1 saturated heterocycles. The SMILES string of the molecule is Cc1ncc(NC(=O)CN2CC(C)(C)C2)cc1-c1c(-c2cnn(-c3cccnc3)c2)sc2c(C(N)=O)cnn12. The zero-order chi connectivity index (χ0) is 27.3. The lowest BCUT2D eigenvalue weighted by Crippen LogP contribution is -2.54. The van der Waals surface area contributed by atoms with E-state index in [1.165, 1.54) is 17.5 Å². The van der Waals surface area contributed by atoms with E-state index < -0.39 is 5.91 Å². The Morgan fingerprint density at radius 1 is 1.15 bits per heavy atom. The number of nitrogens with two attached hydrogens (primary N) is 1. The molecule has 6 rings (SSSR count). The Hall–Kier alpha value is -4.42. The van der Waals surface area contributed by atoms with Crippen LogP contribution in [-0.4, -0.2) is 65.7 Å². The molecule has 1 fully saturated rings. The van der Waals surface area contributed by atoms with Gasteiger partial charge in [-0.2, -0.15) is 10.2 Å². The third kappa shape index (κ3) is 4.68. The number of fused-ring (bicyclic) bond motifs is 1. The fraction of sp³-hybridized carbons (Fsp3) is 0.259. The predicted octanol–water partition coefficient (Wildman–Crippen LogP) is 3.39. The molecule has 1 aliphatic heterocycles. The number of thiazole rings is 1. The first-order chi connectivity index (χ1) is 18.7. The summed E-state index contributed by atoms with van der Waals surface area (Å²) < 4.78 is 3.45. The first-order valence-electron chi connectivity index (χ1n) is 12.4. The van der Waals surface area contributed by atoms with Crippen LogP contribution in [0.5, 0.6) is 0 Å². The maximum absolute atomic E-state index is 12.8. The van der Waals surface area contributed by atoms with E-state index in [9.17, 15) is 9.59 Å². The Morgan fingerprint density at radius 2 is 1.97 bits per heavy atom. The van der Waals surface area contributed by atoms with Crippen LogP contribution < -0.4 is 11.1 Å². The monoisotopic (exact) mass is 541 g/mol. The number of carbonyl (C=O) groups excluding carboxylic acids is 2. The van der Waals surface area contributed by atoms with Crippen LogP contribution >= 0.6 is 11.3 Å². The van der Waals surface area contributed by atoms with E-state index in [0.29, 0.717) is 22.6 Å². The van der Waals surface area contributed by atoms with Crippen LogP contribution in [0.25, 0.3) is 32.2 Å². The van der Waals surface area contributed by atoms with E-state index in [-0.39, 0.29) is 11.3 Å². The molecule has 6 heterocycles. The summed E-state index contributed by atoms with van der Waals surface area (Å²) in [4.78, 5) is 37.2. The molecule has 5 aromatic rings. The molecule has 1 aliphatic rings. The lowest BCUT2D eigenvalue weighted by atomic mass is 9.84. The topological polar surface area (TPSA) is 136 Å². The number of aromatic nitrogens is 6. The third-order valence-corrected chi connectivity index (χ3v) is 7.89. The highest BCUT2D eigenvalue weighted by Gasteiger charge is 2.34. The van der Waals surface area contributed by atoms with E-state index >= 15 is 0 Å². The maximum atomic E-state index is 12.8. The Kier molecular flexibility index (Phi) is 6.00. The molecule has 2 amide bonds. The fourth-order valence-corrected chi connectivity index (χ4v) is 6.23. The molecule has 0 saturated carbocycles. The molecule has 12 heteroatoms. The van der Waals surface area contributed by atoms with Crippen LogP contribution in [0.15, 0.2) is 55.4 Å². The number of aryl methyl sites for hydroxylation is 1. The van der Waals surface area contributed by atoms with Crippen molar-refractivity contribution in [1.82, 2.24) is 34.3 Å². The number of likely N-dealkylation sites (tertiary alicyclic amines) is 1. The van der Waals surface area contributed by atoms with Gasteiger partial charge in [0, 0.05) is 42.3 Å². The number of hydrogen-bond acceptors (Lipinski definition) is 8. The van der Waals surface area contributed by atoms with Crippen LogP contribution in [0.4, 0.5) is 5.69 Å². The molecule has 0 bridgehead atoms. The van der Waals surface area contributed by atoms with Gasteiger partial charge in [-0.15, -0.1) is 11.3 Å². The molecule has 0 unspecified atom stereocenters. The number of primary amides is 1. The number of amides is 2. The van der Waals surface area contributed by atoms with Crippen molar-refractivity contribution < 1.29 is 9.59 Å². The average Bonchev–Trinajstić information content (AvgIpc) is 3.60. The molecular formula is C27H27N9O2S. The summed E-state index contributed by atoms with van der Waals surface area (Å²) in [5.74, 6) is -0.647. The van der Waals surface area contributed by atoms with E-state index in [2.05, 4.69) is 44.2 Å². The first kappa shape index (κ1) is 24.9. The second kappa shape index (κ2) is 9.40. The molecule has 0 spiro atoms. The van der Waals surface area contributed by atoms with Crippen LogP contribution in [0.2, 0.25) is 0 Å². The van der Waals surface area contributed by atoms with E-state index in [1.807, 2.05) is 31.3 Å². The minimum absolute atomic E-state index is 0.0920. The molecule has 3 N–H and O–H groups in total. The summed E-state index contributed by atoms with van der Waals surface area (Å²) >= 11 is 1.40. The van der Waals surface area contributed by atoms with Crippen LogP contribution in [0.1, 0.15) is 29.9 Å². The highest BCUT2D eigenvalue weighted by molar-refractivity contribution is 7.21. The quantitative estimate of drug-likeness (QED) is 0.322. The van der Waals surface area contributed by atoms with Crippen molar-refractivity contribution in [3.8, 4) is 27.4 Å². The van der Waals surface area contributed by atoms with Crippen molar-refractivity contribution in [3.63, 3.8) is 0 Å². The maximum Gasteiger partial charge on any atom is 0.253 e. The molecule has 0 atom stereocenters. The second-order valence-electron chi connectivity index (χ2n) is 10.5. The Morgan fingerprint density at radius 3 is 2.69 bits per heavy atom. The van der Waals surface area contributed by atoms with Gasteiger partial charge in [-0.1, -0.05) is 13.8 Å². The second-order valence-corrected chi connectivity index (χ2v) is 11.5. The third-order valence-electron chi connectivity index (χ3n) is 6.67. The van der Waals surface area contributed by atoms with Crippen molar-refractivity contribution in [3.05, 3.63) is 66.6 Å². The van der Waals surface area contributed by atoms with Gasteiger partial charge >= 0.3 is 0 Å². The highest BCUT2D eigenvalue weighted by Crippen LogP contribution is 2.42. The summed E-state index contributed by atoms with van der Waals surface area (Å²) in [5, 5.41) is 12.0. The first-order valence-corrected chi connectivity index (χ1v) is 13.3. The zero-order valence-corrected chi connectivity index (χ0v) is 22.6. The minimum Gasteiger partial charge on any atom is -0.365 e. The highest BCUT2D eigenvalue weighted by atomic mass is 32.1. The predicted molar refractivity (Wildman–Crippen MR) is 149 cm³/mol. The average molecular weight is 542 g/mol. The van der Waals surface area contributed by atoms with Gasteiger partial charge in [-0.25, -0.2) is 9.20 Å². The lowest BCUT2D eigenvalue weighted by Gasteiger charge is -2.45. The summed E-state index contributed by atoms with van der Waals surface area (Å²) in [6.07, 6.45) is 10.2. The standard InChI is InChI=1S/C27H27N9O2S/c1-16-20(7-18(9-30-16)33-22(37)13-34-14-27(2,3)15-34)23-24(39-26-21(25(28)38)11-32-36(23)26)17-8-31-35(12-17)19-5-4-6-29-10-19/h4-12H,13-15H2,1-3H3,(H2,28,38)(H,33,37). The largest absolute Gasteiger partial charge is 0.365 e. The normalized spacial score (nSPS) is 14.8. The van der Waals surface area contributed by atoms with Gasteiger partial charge in [0.15, 0.2) is 0 Å². The van der Waals surface area contributed by atoms with Crippen molar-refractivity contribution in [1.29, 1.82) is 0 Å². The molecule has 0 aromatic carbocycles. The van der Waals surface area contributed by atoms with Gasteiger partial charge in [0.05, 0.1) is 58.8 Å². The number of anilines is 1. The lowest BCUT2D eigenvalue weighted by molar-refractivity contribution is -0.120. The zero-order valence-electron chi connectivity index (χ0n) is 21.8. The summed E-state index contributed by atoms with van der Waals surface area (Å²) in [7, 11) is 0. The van der Waals surface area contributed by atoms with Gasteiger partial charge in [0.2, 0.25) is 5.91 Å². The number of nitrogens with one attached hydrogen (secondary N) is 1. The van der Waals surface area contributed by atoms with Crippen molar-refractivity contribution in [2.45, 2.75) is 20.8 Å². The molecule has 198 valence electrons. The number of pyridine rings is 2. The molecule has 5 aromatic heterocycles. The van der Waals surface area contributed by atoms with Crippen molar-refractivity contribution in [2.24, 2.45) is 11.1 Å². The molecule has 0 radical (unpaired) electrons. The van der Waals surface area contributed by atoms with Crippen molar-refractivity contribution >= 4 is 33.7 Å². The Labute approximate surface area is 228 Å². The van der Waals surface area contributed by atoms with Gasteiger partial charge < -0.3 is 11.1 Å². The number of carbonyl (C=O) groups is 2. The fourth-order valence-electron chi connectivity index (χ4n) is 5.03. The van der Waals surface area contributed by atoms with Crippen molar-refractivity contribution in [2.75, 3.05) is 25.0 Å². The molecule has 11 nitrogen and oxygen atoms in total. The summed E-state index contributed by atoms with van der Waals surface area (Å²) in [6.45, 7) is 8.39. The van der Waals surface area contributed by atoms with E-state index in [4.69, 9.17) is 5.73 Å². The molecule has 0 aliphatic carbocycles. The number of hydrogen-bond donors (Lipinski definition) is 2. The van der Waals surface area contributed by atoms with E-state index in [0.717, 1.165) is 46.2 Å². The van der Waals surface area contributed by atoms with Gasteiger partial charge in [-0.05, 0) is 30.5 Å². The Balaban J connectivity index is 1.40. The Bertz CT molecular complexity index is 1710. The van der Waals surface area contributed by atoms with Crippen LogP contribution in [-0.2, 0) is 4.79 Å². The molecular weight excluding hydrogens is 514 g/mol. The van der Waals surface area contributed by atoms with Gasteiger partial charge in [0.25, 0.3) is 5.91 Å². The smallest absolute Gasteiger partial charge is 0.253 e. The minimum atomic E-state index is -0.555.